The molecule has 1 unspecified atom stereocenters. The number of ether oxygens (including phenoxy) is 1. The minimum Gasteiger partial charge on any atom is -0.372 e. The Morgan fingerprint density at radius 3 is 3.00 bits per heavy atom. The average molecular weight is 265 g/mol. The molecule has 1 N–H and O–H groups in total. The van der Waals surface area contributed by atoms with E-state index in [2.05, 4.69) is 29.1 Å². The molecule has 0 bridgehead atoms. The third-order valence-corrected chi connectivity index (χ3v) is 3.61. The molecule has 0 aliphatic heterocycles. The van der Waals surface area contributed by atoms with E-state index in [1.807, 2.05) is 18.5 Å². The Labute approximate surface area is 111 Å². The van der Waals surface area contributed by atoms with Gasteiger partial charge in [-0.25, -0.2) is 9.97 Å². The van der Waals surface area contributed by atoms with E-state index >= 15 is 0 Å². The van der Waals surface area contributed by atoms with Crippen LogP contribution in [0.2, 0.25) is 0 Å². The van der Waals surface area contributed by atoms with Gasteiger partial charge in [0, 0.05) is 7.05 Å². The van der Waals surface area contributed by atoms with E-state index in [4.69, 9.17) is 4.74 Å². The van der Waals surface area contributed by atoms with E-state index in [9.17, 15) is 0 Å². The Morgan fingerprint density at radius 1 is 1.44 bits per heavy atom. The fourth-order valence-electron chi connectivity index (χ4n) is 1.86. The Bertz CT molecular complexity index is 512. The van der Waals surface area contributed by atoms with Crippen LogP contribution in [0.25, 0.3) is 10.2 Å². The first-order chi connectivity index (χ1) is 8.74. The molecule has 2 heterocycles. The van der Waals surface area contributed by atoms with Crippen molar-refractivity contribution in [3.63, 3.8) is 0 Å². The quantitative estimate of drug-likeness (QED) is 0.869. The van der Waals surface area contributed by atoms with E-state index in [1.165, 1.54) is 0 Å². The highest BCUT2D eigenvalue weighted by Gasteiger charge is 2.09. The van der Waals surface area contributed by atoms with Crippen molar-refractivity contribution in [2.75, 3.05) is 12.4 Å². The summed E-state index contributed by atoms with van der Waals surface area (Å²) in [7, 11) is 1.88. The molecule has 18 heavy (non-hydrogen) atoms. The standard InChI is InChI=1S/C13H19N3OS/c1-4-5-9(2)17-8-11-15-12(14-3)10-6-7-18-13(10)16-11/h6-7,9H,4-5,8H2,1-3H3,(H,14,15,16). The number of hydrogen-bond acceptors (Lipinski definition) is 5. The molecule has 0 amide bonds. The minimum atomic E-state index is 0.260. The second-order valence-corrected chi connectivity index (χ2v) is 5.18. The van der Waals surface area contributed by atoms with Crippen molar-refractivity contribution in [1.82, 2.24) is 9.97 Å². The molecule has 0 aliphatic rings. The lowest BCUT2D eigenvalue weighted by molar-refractivity contribution is 0.0434. The van der Waals surface area contributed by atoms with E-state index < -0.39 is 0 Å². The number of hydrogen-bond donors (Lipinski definition) is 1. The number of rotatable bonds is 6. The van der Waals surface area contributed by atoms with Gasteiger partial charge in [-0.1, -0.05) is 13.3 Å². The highest BCUT2D eigenvalue weighted by molar-refractivity contribution is 7.16. The van der Waals surface area contributed by atoms with Crippen LogP contribution in [0.5, 0.6) is 0 Å². The largest absolute Gasteiger partial charge is 0.372 e. The van der Waals surface area contributed by atoms with E-state index in [0.29, 0.717) is 6.61 Å². The van der Waals surface area contributed by atoms with Crippen molar-refractivity contribution < 1.29 is 4.74 Å². The smallest absolute Gasteiger partial charge is 0.158 e. The zero-order valence-electron chi connectivity index (χ0n) is 11.1. The average Bonchev–Trinajstić information content (AvgIpc) is 2.83. The van der Waals surface area contributed by atoms with Crippen LogP contribution in [-0.2, 0) is 11.3 Å². The van der Waals surface area contributed by atoms with Gasteiger partial charge in [0.15, 0.2) is 5.82 Å². The van der Waals surface area contributed by atoms with Crippen molar-refractivity contribution in [2.24, 2.45) is 0 Å². The van der Waals surface area contributed by atoms with Gasteiger partial charge in [0.25, 0.3) is 0 Å². The fourth-order valence-corrected chi connectivity index (χ4v) is 2.64. The van der Waals surface area contributed by atoms with Gasteiger partial charge in [0.05, 0.1) is 11.5 Å². The van der Waals surface area contributed by atoms with Gasteiger partial charge in [0.1, 0.15) is 17.3 Å². The Hall–Kier alpha value is -1.20. The molecule has 0 saturated heterocycles. The molecule has 98 valence electrons. The van der Waals surface area contributed by atoms with Crippen LogP contribution in [0, 0.1) is 0 Å². The summed E-state index contributed by atoms with van der Waals surface area (Å²) in [6.07, 6.45) is 2.46. The van der Waals surface area contributed by atoms with Crippen molar-refractivity contribution in [3.8, 4) is 0 Å². The highest BCUT2D eigenvalue weighted by atomic mass is 32.1. The first-order valence-corrected chi connectivity index (χ1v) is 7.16. The summed E-state index contributed by atoms with van der Waals surface area (Å²) >= 11 is 1.63. The lowest BCUT2D eigenvalue weighted by Crippen LogP contribution is -2.10. The third-order valence-electron chi connectivity index (χ3n) is 2.80. The summed E-state index contributed by atoms with van der Waals surface area (Å²) < 4.78 is 5.75. The number of nitrogens with one attached hydrogen (secondary N) is 1. The normalized spacial score (nSPS) is 12.8. The van der Waals surface area contributed by atoms with Crippen molar-refractivity contribution in [3.05, 3.63) is 17.3 Å². The Balaban J connectivity index is 2.13. The molecule has 0 aromatic carbocycles. The topological polar surface area (TPSA) is 47.0 Å². The molecule has 5 heteroatoms. The van der Waals surface area contributed by atoms with E-state index in [0.717, 1.165) is 34.7 Å². The molecule has 4 nitrogen and oxygen atoms in total. The van der Waals surface area contributed by atoms with E-state index in [-0.39, 0.29) is 6.10 Å². The summed E-state index contributed by atoms with van der Waals surface area (Å²) in [5.41, 5.74) is 0. The molecule has 0 fully saturated rings. The lowest BCUT2D eigenvalue weighted by atomic mass is 10.2. The SMILES string of the molecule is CCCC(C)OCc1nc(NC)c2ccsc2n1. The maximum Gasteiger partial charge on any atom is 0.158 e. The van der Waals surface area contributed by atoms with Crippen LogP contribution in [0.4, 0.5) is 5.82 Å². The predicted molar refractivity (Wildman–Crippen MR) is 76.1 cm³/mol. The number of aromatic nitrogens is 2. The van der Waals surface area contributed by atoms with Crippen LogP contribution in [-0.4, -0.2) is 23.1 Å². The van der Waals surface area contributed by atoms with Crippen LogP contribution >= 0.6 is 11.3 Å². The zero-order valence-corrected chi connectivity index (χ0v) is 11.9. The van der Waals surface area contributed by atoms with Crippen LogP contribution in [0.1, 0.15) is 32.5 Å². The summed E-state index contributed by atoms with van der Waals surface area (Å²) in [4.78, 5) is 10.0. The Morgan fingerprint density at radius 2 is 2.28 bits per heavy atom. The number of thiophene rings is 1. The van der Waals surface area contributed by atoms with Gasteiger partial charge in [-0.05, 0) is 24.8 Å². The second kappa shape index (κ2) is 6.11. The van der Waals surface area contributed by atoms with Crippen molar-refractivity contribution >= 4 is 27.4 Å². The molecule has 1 atom stereocenters. The fraction of sp³-hybridized carbons (Fsp3) is 0.538. The maximum atomic E-state index is 5.75. The van der Waals surface area contributed by atoms with Gasteiger partial charge >= 0.3 is 0 Å². The molecular formula is C13H19N3OS. The summed E-state index contributed by atoms with van der Waals surface area (Å²) in [5, 5.41) is 6.22. The molecule has 2 aromatic rings. The molecule has 0 spiro atoms. The van der Waals surface area contributed by atoms with Gasteiger partial charge in [-0.15, -0.1) is 11.3 Å². The lowest BCUT2D eigenvalue weighted by Gasteiger charge is -2.11. The second-order valence-electron chi connectivity index (χ2n) is 4.29. The Kier molecular flexibility index (Phi) is 4.49. The molecule has 0 radical (unpaired) electrons. The number of anilines is 1. The monoisotopic (exact) mass is 265 g/mol. The summed E-state index contributed by atoms with van der Waals surface area (Å²) in [6, 6.07) is 2.04. The first kappa shape index (κ1) is 13.2. The van der Waals surface area contributed by atoms with Crippen molar-refractivity contribution in [1.29, 1.82) is 0 Å². The van der Waals surface area contributed by atoms with Crippen LogP contribution < -0.4 is 5.32 Å². The molecular weight excluding hydrogens is 246 g/mol. The minimum absolute atomic E-state index is 0.260. The summed E-state index contributed by atoms with van der Waals surface area (Å²) in [5.74, 6) is 1.63. The zero-order chi connectivity index (χ0) is 13.0. The molecule has 2 aromatic heterocycles. The molecule has 0 aliphatic carbocycles. The summed E-state index contributed by atoms with van der Waals surface area (Å²) in [6.45, 7) is 4.73. The molecule has 2 rings (SSSR count). The highest BCUT2D eigenvalue weighted by Crippen LogP contribution is 2.24. The van der Waals surface area contributed by atoms with Crippen LogP contribution in [0.3, 0.4) is 0 Å². The maximum absolute atomic E-state index is 5.75. The predicted octanol–water partition coefficient (Wildman–Crippen LogP) is 3.44. The number of nitrogens with zero attached hydrogens (tertiary/aromatic N) is 2. The van der Waals surface area contributed by atoms with E-state index in [1.54, 1.807) is 11.3 Å². The first-order valence-electron chi connectivity index (χ1n) is 6.28. The molecule has 0 saturated carbocycles. The van der Waals surface area contributed by atoms with Crippen molar-refractivity contribution in [2.45, 2.75) is 39.4 Å². The van der Waals surface area contributed by atoms with Gasteiger partial charge in [0.2, 0.25) is 0 Å². The van der Waals surface area contributed by atoms with Gasteiger partial charge < -0.3 is 10.1 Å². The van der Waals surface area contributed by atoms with Gasteiger partial charge in [-0.2, -0.15) is 0 Å². The number of fused-ring (bicyclic) bond motifs is 1. The van der Waals surface area contributed by atoms with Crippen LogP contribution in [0.15, 0.2) is 11.4 Å². The van der Waals surface area contributed by atoms with Gasteiger partial charge in [-0.3, -0.25) is 0 Å². The third kappa shape index (κ3) is 2.97.